The molecule has 0 aliphatic carbocycles. The van der Waals surface area contributed by atoms with Crippen LogP contribution < -0.4 is 9.62 Å². The Labute approximate surface area is 251 Å². The minimum atomic E-state index is -4.19. The Kier molecular flexibility index (Phi) is 11.3. The van der Waals surface area contributed by atoms with Crippen LogP contribution in [0.15, 0.2) is 71.6 Å². The minimum absolute atomic E-state index is 0.00514. The average Bonchev–Trinajstić information content (AvgIpc) is 2.93. The van der Waals surface area contributed by atoms with Crippen LogP contribution in [0.1, 0.15) is 37.8 Å². The number of hydrogen-bond donors (Lipinski definition) is 1. The lowest BCUT2D eigenvalue weighted by Gasteiger charge is -2.32. The van der Waals surface area contributed by atoms with E-state index in [4.69, 9.17) is 34.8 Å². The molecule has 3 aromatic carbocycles. The Morgan fingerprint density at radius 2 is 1.57 bits per heavy atom. The van der Waals surface area contributed by atoms with Crippen LogP contribution in [0, 0.1) is 6.92 Å². The van der Waals surface area contributed by atoms with E-state index >= 15 is 0 Å². The first-order chi connectivity index (χ1) is 19.0. The molecule has 2 amide bonds. The van der Waals surface area contributed by atoms with Gasteiger partial charge in [-0.1, -0.05) is 78.5 Å². The average molecular weight is 625 g/mol. The summed E-state index contributed by atoms with van der Waals surface area (Å²) in [5.74, 6) is -0.994. The van der Waals surface area contributed by atoms with E-state index in [0.717, 1.165) is 22.7 Å². The number of carbonyl (C=O) groups is 2. The molecule has 0 heterocycles. The third-order valence-corrected chi connectivity index (χ3v) is 9.34. The smallest absolute Gasteiger partial charge is 0.264 e. The molecular formula is C29H32Cl3N3O4S. The number of amides is 2. The lowest BCUT2D eigenvalue weighted by molar-refractivity contribution is -0.139. The predicted molar refractivity (Wildman–Crippen MR) is 162 cm³/mol. The summed E-state index contributed by atoms with van der Waals surface area (Å²) >= 11 is 19.2. The third kappa shape index (κ3) is 7.69. The van der Waals surface area contributed by atoms with Crippen molar-refractivity contribution in [1.82, 2.24) is 10.2 Å². The summed E-state index contributed by atoms with van der Waals surface area (Å²) < 4.78 is 28.6. The minimum Gasteiger partial charge on any atom is -0.354 e. The van der Waals surface area contributed by atoms with Gasteiger partial charge in [0.15, 0.2) is 0 Å². The van der Waals surface area contributed by atoms with Crippen molar-refractivity contribution in [2.45, 2.75) is 51.1 Å². The van der Waals surface area contributed by atoms with E-state index < -0.39 is 28.5 Å². The van der Waals surface area contributed by atoms with Crippen LogP contribution in [0.5, 0.6) is 0 Å². The number of anilines is 1. The molecule has 3 rings (SSSR count). The van der Waals surface area contributed by atoms with Crippen molar-refractivity contribution in [1.29, 1.82) is 0 Å². The number of carbonyl (C=O) groups excluding carboxylic acids is 2. The van der Waals surface area contributed by atoms with Gasteiger partial charge in [0.1, 0.15) is 12.6 Å². The molecule has 1 N–H and O–H groups in total. The van der Waals surface area contributed by atoms with Gasteiger partial charge in [-0.3, -0.25) is 13.9 Å². The maximum atomic E-state index is 14.0. The van der Waals surface area contributed by atoms with E-state index in [9.17, 15) is 18.0 Å². The molecule has 0 aliphatic rings. The third-order valence-electron chi connectivity index (χ3n) is 6.44. The van der Waals surface area contributed by atoms with Crippen molar-refractivity contribution < 1.29 is 18.0 Å². The van der Waals surface area contributed by atoms with Gasteiger partial charge in [0.05, 0.1) is 10.6 Å². The Bertz CT molecular complexity index is 1430. The highest BCUT2D eigenvalue weighted by Gasteiger charge is 2.33. The molecule has 7 nitrogen and oxygen atoms in total. The number of unbranched alkanes of at least 4 members (excludes halogenated alkanes) is 1. The summed E-state index contributed by atoms with van der Waals surface area (Å²) in [6, 6.07) is 16.6. The topological polar surface area (TPSA) is 86.8 Å². The van der Waals surface area contributed by atoms with Crippen LogP contribution in [0.2, 0.25) is 15.1 Å². The van der Waals surface area contributed by atoms with Gasteiger partial charge in [0.2, 0.25) is 11.8 Å². The Morgan fingerprint density at radius 3 is 2.17 bits per heavy atom. The molecule has 0 bridgehead atoms. The molecule has 1 atom stereocenters. The molecule has 214 valence electrons. The predicted octanol–water partition coefficient (Wildman–Crippen LogP) is 6.48. The van der Waals surface area contributed by atoms with E-state index in [1.807, 2.05) is 6.92 Å². The number of halogens is 3. The van der Waals surface area contributed by atoms with Crippen molar-refractivity contribution in [3.63, 3.8) is 0 Å². The molecule has 3 aromatic rings. The Balaban J connectivity index is 2.05. The number of rotatable bonds is 12. The van der Waals surface area contributed by atoms with Gasteiger partial charge in [0, 0.05) is 33.7 Å². The van der Waals surface area contributed by atoms with Gasteiger partial charge in [-0.15, -0.1) is 0 Å². The summed E-state index contributed by atoms with van der Waals surface area (Å²) in [5, 5.41) is 3.83. The molecule has 0 aliphatic heterocycles. The highest BCUT2D eigenvalue weighted by molar-refractivity contribution is 7.92. The second kappa shape index (κ2) is 14.2. The van der Waals surface area contributed by atoms with Gasteiger partial charge < -0.3 is 10.2 Å². The first-order valence-corrected chi connectivity index (χ1v) is 15.4. The van der Waals surface area contributed by atoms with Gasteiger partial charge in [-0.2, -0.15) is 0 Å². The summed E-state index contributed by atoms with van der Waals surface area (Å²) in [5.41, 5.74) is 1.41. The van der Waals surface area contributed by atoms with Crippen LogP contribution >= 0.6 is 34.8 Å². The van der Waals surface area contributed by atoms with Crippen LogP contribution in [-0.2, 0) is 26.2 Å². The van der Waals surface area contributed by atoms with Crippen molar-refractivity contribution in [2.75, 3.05) is 17.4 Å². The number of nitrogens with one attached hydrogen (secondary N) is 1. The summed E-state index contributed by atoms with van der Waals surface area (Å²) in [7, 11) is -4.19. The first kappa shape index (κ1) is 31.7. The molecule has 11 heteroatoms. The lowest BCUT2D eigenvalue weighted by Crippen LogP contribution is -2.51. The number of hydrogen-bond acceptors (Lipinski definition) is 4. The van der Waals surface area contributed by atoms with E-state index in [0.29, 0.717) is 27.2 Å². The van der Waals surface area contributed by atoms with E-state index in [-0.39, 0.29) is 23.0 Å². The fourth-order valence-corrected chi connectivity index (χ4v) is 6.08. The van der Waals surface area contributed by atoms with Crippen molar-refractivity contribution in [3.05, 3.63) is 92.9 Å². The molecule has 0 saturated heterocycles. The molecule has 0 spiro atoms. The first-order valence-electron chi connectivity index (χ1n) is 12.8. The van der Waals surface area contributed by atoms with E-state index in [1.165, 1.54) is 23.1 Å². The van der Waals surface area contributed by atoms with Gasteiger partial charge in [-0.25, -0.2) is 8.42 Å². The lowest BCUT2D eigenvalue weighted by atomic mass is 10.1. The summed E-state index contributed by atoms with van der Waals surface area (Å²) in [6.07, 6.45) is 1.66. The highest BCUT2D eigenvalue weighted by Crippen LogP contribution is 2.30. The normalized spacial score (nSPS) is 12.1. The SMILES string of the molecule is CCCCNC(=O)[C@@H](C)N(Cc1c(Cl)cccc1Cl)C(=O)CN(c1ccc(C)c(Cl)c1)S(=O)(=O)c1ccccc1. The van der Waals surface area contributed by atoms with Crippen LogP contribution in [0.4, 0.5) is 5.69 Å². The number of nitrogens with zero attached hydrogens (tertiary/aromatic N) is 2. The monoisotopic (exact) mass is 623 g/mol. The molecular weight excluding hydrogens is 593 g/mol. The zero-order chi connectivity index (χ0) is 29.4. The molecule has 40 heavy (non-hydrogen) atoms. The van der Waals surface area contributed by atoms with Gasteiger partial charge in [-0.05, 0) is 62.2 Å². The second-order valence-corrected chi connectivity index (χ2v) is 12.4. The fraction of sp³-hybridized carbons (Fsp3) is 0.310. The summed E-state index contributed by atoms with van der Waals surface area (Å²) in [4.78, 5) is 28.3. The maximum Gasteiger partial charge on any atom is 0.264 e. The maximum absolute atomic E-state index is 14.0. The number of benzene rings is 3. The highest BCUT2D eigenvalue weighted by atomic mass is 35.5. The number of sulfonamides is 1. The molecule has 0 aromatic heterocycles. The standard InChI is InChI=1S/C29H32Cl3N3O4S/c1-4-5-16-33-29(37)21(3)34(18-24-25(30)12-9-13-26(24)31)28(36)19-35(22-15-14-20(2)27(32)17-22)40(38,39)23-10-7-6-8-11-23/h6-15,17,21H,4-5,16,18-19H2,1-3H3,(H,33,37)/t21-/m1/s1. The Morgan fingerprint density at radius 1 is 0.925 bits per heavy atom. The molecule has 0 saturated carbocycles. The van der Waals surface area contributed by atoms with E-state index in [2.05, 4.69) is 5.32 Å². The zero-order valence-corrected chi connectivity index (χ0v) is 25.6. The molecule has 0 radical (unpaired) electrons. The van der Waals surface area contributed by atoms with E-state index in [1.54, 1.807) is 62.4 Å². The molecule has 0 fully saturated rings. The van der Waals surface area contributed by atoms with Crippen LogP contribution in [-0.4, -0.2) is 44.3 Å². The zero-order valence-electron chi connectivity index (χ0n) is 22.5. The second-order valence-electron chi connectivity index (χ2n) is 9.30. The Hall–Kier alpha value is -2.78. The summed E-state index contributed by atoms with van der Waals surface area (Å²) in [6.45, 7) is 5.14. The number of aryl methyl sites for hydroxylation is 1. The van der Waals surface area contributed by atoms with Crippen molar-refractivity contribution in [2.24, 2.45) is 0 Å². The van der Waals surface area contributed by atoms with Gasteiger partial charge in [0.25, 0.3) is 10.0 Å². The van der Waals surface area contributed by atoms with Gasteiger partial charge >= 0.3 is 0 Å². The van der Waals surface area contributed by atoms with Crippen LogP contribution in [0.3, 0.4) is 0 Å². The quantitative estimate of drug-likeness (QED) is 0.234. The largest absolute Gasteiger partial charge is 0.354 e. The van der Waals surface area contributed by atoms with Crippen molar-refractivity contribution in [3.8, 4) is 0 Å². The molecule has 0 unspecified atom stereocenters. The van der Waals surface area contributed by atoms with Crippen molar-refractivity contribution >= 4 is 62.3 Å². The fourth-order valence-electron chi connectivity index (χ4n) is 3.96. The van der Waals surface area contributed by atoms with Crippen LogP contribution in [0.25, 0.3) is 0 Å².